The van der Waals surface area contributed by atoms with Crippen LogP contribution in [0.2, 0.25) is 0 Å². The van der Waals surface area contributed by atoms with Crippen molar-refractivity contribution in [1.82, 2.24) is 9.13 Å². The molecule has 5 rings (SSSR count). The lowest BCUT2D eigenvalue weighted by atomic mass is 9.98. The molecule has 0 fully saturated rings. The number of aromatic nitrogens is 2. The number of nitriles is 2. The zero-order valence-corrected chi connectivity index (χ0v) is 22.7. The van der Waals surface area contributed by atoms with Crippen LogP contribution in [0.25, 0.3) is 21.5 Å². The maximum atomic E-state index is 13.3. The molecular formula is C30H18F6N4O4. The van der Waals surface area contributed by atoms with Gasteiger partial charge >= 0.3 is 12.4 Å². The van der Waals surface area contributed by atoms with Crippen molar-refractivity contribution in [3.63, 3.8) is 0 Å². The topological polar surface area (TPSA) is 126 Å². The van der Waals surface area contributed by atoms with Gasteiger partial charge in [-0.15, -0.1) is 0 Å². The summed E-state index contributed by atoms with van der Waals surface area (Å²) in [5, 5.41) is 17.4. The van der Waals surface area contributed by atoms with Crippen LogP contribution < -0.4 is 22.2 Å². The number of alkyl halides is 6. The minimum atomic E-state index is -4.63. The molecule has 14 heteroatoms. The first kappa shape index (κ1) is 31.4. The van der Waals surface area contributed by atoms with Gasteiger partial charge in [-0.05, 0) is 35.4 Å². The van der Waals surface area contributed by atoms with Gasteiger partial charge in [0.15, 0.2) is 0 Å². The Balaban J connectivity index is 0.00000216. The summed E-state index contributed by atoms with van der Waals surface area (Å²) in [6.45, 7) is 2.93. The highest BCUT2D eigenvalue weighted by Crippen LogP contribution is 2.31. The fourth-order valence-corrected chi connectivity index (χ4v) is 4.80. The van der Waals surface area contributed by atoms with E-state index in [1.54, 1.807) is 12.1 Å². The van der Waals surface area contributed by atoms with E-state index >= 15 is 0 Å². The molecule has 0 bridgehead atoms. The third kappa shape index (κ3) is 5.15. The van der Waals surface area contributed by atoms with E-state index in [0.29, 0.717) is 9.13 Å². The van der Waals surface area contributed by atoms with Crippen LogP contribution in [0.4, 0.5) is 26.3 Å². The Bertz CT molecular complexity index is 1960. The number of fused-ring (bicyclic) bond motifs is 2. The van der Waals surface area contributed by atoms with Gasteiger partial charge in [-0.2, -0.15) is 36.9 Å². The van der Waals surface area contributed by atoms with E-state index < -0.39 is 91.5 Å². The number of nitrogens with zero attached hydrogens (tertiary/aromatic N) is 4. The van der Waals surface area contributed by atoms with Crippen LogP contribution >= 0.6 is 0 Å². The molecule has 224 valence electrons. The first-order valence-corrected chi connectivity index (χ1v) is 12.8. The zero-order valence-electron chi connectivity index (χ0n) is 22.7. The Hall–Kier alpha value is -5.50. The lowest BCUT2D eigenvalue weighted by Crippen LogP contribution is -2.27. The Morgan fingerprint density at radius 3 is 1.00 bits per heavy atom. The van der Waals surface area contributed by atoms with Gasteiger partial charge in [-0.3, -0.25) is 28.3 Å². The largest absolute Gasteiger partial charge is 0.416 e. The second-order valence-electron chi connectivity index (χ2n) is 9.26. The Morgan fingerprint density at radius 1 is 0.545 bits per heavy atom. The van der Waals surface area contributed by atoms with Gasteiger partial charge in [-0.1, -0.05) is 38.1 Å². The minimum Gasteiger partial charge on any atom is -0.270 e. The van der Waals surface area contributed by atoms with Crippen LogP contribution in [0.3, 0.4) is 0 Å². The quantitative estimate of drug-likeness (QED) is 0.268. The molecule has 2 heterocycles. The molecule has 0 aliphatic rings. The molecule has 2 aromatic heterocycles. The van der Waals surface area contributed by atoms with Crippen LogP contribution in [-0.2, 0) is 25.4 Å². The number of hydrogen-bond acceptors (Lipinski definition) is 6. The lowest BCUT2D eigenvalue weighted by molar-refractivity contribution is -0.138. The van der Waals surface area contributed by atoms with Crippen LogP contribution in [0.5, 0.6) is 0 Å². The van der Waals surface area contributed by atoms with E-state index in [0.717, 1.165) is 48.5 Å². The molecule has 0 aliphatic heterocycles. The smallest absolute Gasteiger partial charge is 0.270 e. The van der Waals surface area contributed by atoms with Crippen molar-refractivity contribution in [2.45, 2.75) is 39.3 Å². The average molecular weight is 612 g/mol. The molecule has 3 aromatic carbocycles. The molecule has 0 amide bonds. The Morgan fingerprint density at radius 2 is 0.795 bits per heavy atom. The van der Waals surface area contributed by atoms with Crippen LogP contribution in [0.1, 0.15) is 47.2 Å². The fraction of sp³-hybridized carbons (Fsp3) is 0.200. The van der Waals surface area contributed by atoms with E-state index in [-0.39, 0.29) is 11.1 Å². The van der Waals surface area contributed by atoms with Crippen molar-refractivity contribution in [2.24, 2.45) is 0 Å². The minimum absolute atomic E-state index is 0.108. The maximum absolute atomic E-state index is 13.3. The van der Waals surface area contributed by atoms with Gasteiger partial charge in [0.1, 0.15) is 12.1 Å². The van der Waals surface area contributed by atoms with Crippen LogP contribution in [0.15, 0.2) is 67.7 Å². The number of benzene rings is 3. The van der Waals surface area contributed by atoms with Crippen molar-refractivity contribution in [3.8, 4) is 12.1 Å². The molecule has 0 saturated heterocycles. The Kier molecular flexibility index (Phi) is 8.07. The Labute approximate surface area is 242 Å². The summed E-state index contributed by atoms with van der Waals surface area (Å²) in [6.07, 6.45) is -9.25. The number of rotatable bonds is 4. The summed E-state index contributed by atoms with van der Waals surface area (Å²) in [4.78, 5) is 53.3. The standard InChI is InChI=1S/C28H12F6N4O4.C2H6/c29-27(30,31)15-5-1-13(2-6-15)11-37-23(39)19-17(9-35)21-22(18(10-36)20(19)24(37)40)26(42)38(25(21)41)12-14-3-7-16(8-4-14)28(32,33)34;1-2/h1-8H,11-12H2;1-2H3. The summed E-state index contributed by atoms with van der Waals surface area (Å²) >= 11 is 0. The molecule has 0 radical (unpaired) electrons. The van der Waals surface area contributed by atoms with Crippen molar-refractivity contribution in [1.29, 1.82) is 10.5 Å². The summed E-state index contributed by atoms with van der Waals surface area (Å²) in [6, 6.07) is 10.4. The third-order valence-electron chi connectivity index (χ3n) is 6.80. The van der Waals surface area contributed by atoms with E-state index in [4.69, 9.17) is 0 Å². The van der Waals surface area contributed by atoms with Crippen molar-refractivity contribution >= 4 is 21.5 Å². The molecule has 0 atom stereocenters. The first-order chi connectivity index (χ1) is 20.7. The van der Waals surface area contributed by atoms with Gasteiger partial charge in [0.25, 0.3) is 22.2 Å². The maximum Gasteiger partial charge on any atom is 0.416 e. The molecule has 0 N–H and O–H groups in total. The summed E-state index contributed by atoms with van der Waals surface area (Å²) < 4.78 is 78.6. The summed E-state index contributed by atoms with van der Waals surface area (Å²) in [5.41, 5.74) is -7.45. The van der Waals surface area contributed by atoms with E-state index in [1.807, 2.05) is 13.8 Å². The van der Waals surface area contributed by atoms with E-state index in [9.17, 15) is 56.0 Å². The van der Waals surface area contributed by atoms with Crippen LogP contribution in [0, 0.1) is 22.7 Å². The molecule has 0 saturated carbocycles. The molecular weight excluding hydrogens is 594 g/mol. The van der Waals surface area contributed by atoms with Gasteiger partial charge in [0.2, 0.25) is 0 Å². The molecule has 8 nitrogen and oxygen atoms in total. The highest BCUT2D eigenvalue weighted by molar-refractivity contribution is 6.09. The summed E-state index contributed by atoms with van der Waals surface area (Å²) in [7, 11) is 0. The van der Waals surface area contributed by atoms with Gasteiger partial charge < -0.3 is 0 Å². The van der Waals surface area contributed by atoms with Gasteiger partial charge in [-0.25, -0.2) is 0 Å². The van der Waals surface area contributed by atoms with Gasteiger partial charge in [0.05, 0.1) is 56.9 Å². The molecule has 44 heavy (non-hydrogen) atoms. The molecule has 5 aromatic rings. The SMILES string of the molecule is CC.N#Cc1c2c(=O)n(Cc3ccc(C(F)(F)F)cc3)c(=O)c2c(C#N)c2c(=O)n(Cc3ccc(C(F)(F)F)cc3)c(=O)c12. The van der Waals surface area contributed by atoms with E-state index in [1.165, 1.54) is 0 Å². The molecule has 0 aliphatic carbocycles. The van der Waals surface area contributed by atoms with Crippen molar-refractivity contribution < 1.29 is 26.3 Å². The zero-order chi connectivity index (χ0) is 32.7. The molecule has 0 spiro atoms. The second-order valence-corrected chi connectivity index (χ2v) is 9.26. The normalized spacial score (nSPS) is 11.7. The fourth-order valence-electron chi connectivity index (χ4n) is 4.80. The first-order valence-electron chi connectivity index (χ1n) is 12.8. The highest BCUT2D eigenvalue weighted by Gasteiger charge is 2.32. The number of hydrogen-bond donors (Lipinski definition) is 0. The predicted octanol–water partition coefficient (Wildman–Crippen LogP) is 4.82. The second kappa shape index (κ2) is 11.3. The monoisotopic (exact) mass is 612 g/mol. The summed E-state index contributed by atoms with van der Waals surface area (Å²) in [5.74, 6) is 0. The van der Waals surface area contributed by atoms with E-state index in [2.05, 4.69) is 0 Å². The van der Waals surface area contributed by atoms with Crippen molar-refractivity contribution in [2.75, 3.05) is 0 Å². The predicted molar refractivity (Wildman–Crippen MR) is 147 cm³/mol. The molecule has 0 unspecified atom stereocenters. The number of halogens is 6. The average Bonchev–Trinajstić information content (AvgIpc) is 3.37. The van der Waals surface area contributed by atoms with Gasteiger partial charge in [0, 0.05) is 0 Å². The van der Waals surface area contributed by atoms with Crippen molar-refractivity contribution in [3.05, 3.63) is 123 Å². The van der Waals surface area contributed by atoms with Crippen LogP contribution in [-0.4, -0.2) is 9.13 Å². The third-order valence-corrected chi connectivity index (χ3v) is 6.80. The lowest BCUT2D eigenvalue weighted by Gasteiger charge is -2.07. The highest BCUT2D eigenvalue weighted by atomic mass is 19.4.